The van der Waals surface area contributed by atoms with E-state index in [1.54, 1.807) is 36.5 Å². The molecule has 4 heteroatoms. The highest BCUT2D eigenvalue weighted by Crippen LogP contribution is 2.29. The van der Waals surface area contributed by atoms with E-state index in [1.165, 1.54) is 7.11 Å². The molecule has 2 aromatic rings. The summed E-state index contributed by atoms with van der Waals surface area (Å²) in [6.07, 6.45) is 1.66. The third kappa shape index (κ3) is 3.02. The van der Waals surface area contributed by atoms with Crippen LogP contribution in [-0.2, 0) is 0 Å². The topological polar surface area (TPSA) is 31.4 Å². The lowest BCUT2D eigenvalue weighted by Crippen LogP contribution is -2.05. The van der Waals surface area contributed by atoms with Gasteiger partial charge in [-0.3, -0.25) is 4.98 Å². The van der Waals surface area contributed by atoms with Crippen LogP contribution in [0.25, 0.3) is 11.3 Å². The fraction of sp³-hybridized carbons (Fsp3) is 0.267. The molecular weight excluding hydrogens is 245 g/mol. The van der Waals surface area contributed by atoms with Gasteiger partial charge in [-0.2, -0.15) is 0 Å². The van der Waals surface area contributed by atoms with E-state index in [0.29, 0.717) is 17.0 Å². The summed E-state index contributed by atoms with van der Waals surface area (Å²) in [5, 5.41) is 0. The van der Waals surface area contributed by atoms with Crippen molar-refractivity contribution in [3.63, 3.8) is 0 Å². The molecule has 0 unspecified atom stereocenters. The highest BCUT2D eigenvalue weighted by molar-refractivity contribution is 5.63. The van der Waals surface area contributed by atoms with Crippen molar-refractivity contribution in [1.82, 2.24) is 4.98 Å². The van der Waals surface area contributed by atoms with Gasteiger partial charge in [0.1, 0.15) is 5.75 Å². The van der Waals surface area contributed by atoms with Crippen molar-refractivity contribution in [3.05, 3.63) is 42.3 Å². The molecule has 3 nitrogen and oxygen atoms in total. The fourth-order valence-electron chi connectivity index (χ4n) is 1.77. The van der Waals surface area contributed by atoms with E-state index in [2.05, 4.69) is 4.98 Å². The van der Waals surface area contributed by atoms with Crippen LogP contribution in [0, 0.1) is 5.82 Å². The summed E-state index contributed by atoms with van der Waals surface area (Å²) in [4.78, 5) is 4.18. The quantitative estimate of drug-likeness (QED) is 0.841. The fourth-order valence-corrected chi connectivity index (χ4v) is 1.77. The Kier molecular flexibility index (Phi) is 4.00. The van der Waals surface area contributed by atoms with Gasteiger partial charge in [-0.15, -0.1) is 0 Å². The van der Waals surface area contributed by atoms with Crippen molar-refractivity contribution >= 4 is 0 Å². The molecule has 1 aromatic heterocycles. The van der Waals surface area contributed by atoms with E-state index in [-0.39, 0.29) is 11.9 Å². The largest absolute Gasteiger partial charge is 0.494 e. The first-order valence-electron chi connectivity index (χ1n) is 6.07. The van der Waals surface area contributed by atoms with Crippen LogP contribution in [0.5, 0.6) is 11.5 Å². The van der Waals surface area contributed by atoms with Gasteiger partial charge < -0.3 is 9.47 Å². The van der Waals surface area contributed by atoms with E-state index in [4.69, 9.17) is 9.47 Å². The Labute approximate surface area is 112 Å². The molecule has 0 saturated carbocycles. The number of pyridine rings is 1. The number of nitrogens with zero attached hydrogens (tertiary/aromatic N) is 1. The van der Waals surface area contributed by atoms with Crippen LogP contribution in [-0.4, -0.2) is 18.2 Å². The van der Waals surface area contributed by atoms with Gasteiger partial charge in [-0.1, -0.05) is 6.07 Å². The monoisotopic (exact) mass is 261 g/mol. The van der Waals surface area contributed by atoms with Crippen molar-refractivity contribution in [2.45, 2.75) is 20.0 Å². The first-order chi connectivity index (χ1) is 9.11. The lowest BCUT2D eigenvalue weighted by atomic mass is 10.1. The van der Waals surface area contributed by atoms with E-state index < -0.39 is 5.82 Å². The summed E-state index contributed by atoms with van der Waals surface area (Å²) in [6.45, 7) is 3.87. The molecule has 0 spiro atoms. The standard InChI is InChI=1S/C15H16FNO2/c1-10(2)19-11-7-8-17-13(9-11)12-5-4-6-14(18-3)15(12)16/h4-10H,1-3H3. The average molecular weight is 261 g/mol. The van der Waals surface area contributed by atoms with Crippen molar-refractivity contribution in [3.8, 4) is 22.8 Å². The van der Waals surface area contributed by atoms with Crippen molar-refractivity contribution < 1.29 is 13.9 Å². The van der Waals surface area contributed by atoms with Crippen LogP contribution in [0.15, 0.2) is 36.5 Å². The van der Waals surface area contributed by atoms with Crippen LogP contribution in [0.3, 0.4) is 0 Å². The highest BCUT2D eigenvalue weighted by atomic mass is 19.1. The van der Waals surface area contributed by atoms with E-state index >= 15 is 0 Å². The minimum Gasteiger partial charge on any atom is -0.494 e. The number of methoxy groups -OCH3 is 1. The third-order valence-electron chi connectivity index (χ3n) is 2.56. The Balaban J connectivity index is 2.42. The average Bonchev–Trinajstić information content (AvgIpc) is 2.38. The minimum absolute atomic E-state index is 0.0606. The molecule has 0 saturated heterocycles. The first kappa shape index (κ1) is 13.3. The molecular formula is C15H16FNO2. The molecule has 0 N–H and O–H groups in total. The SMILES string of the molecule is COc1cccc(-c2cc(OC(C)C)ccn2)c1F. The molecule has 0 aliphatic carbocycles. The van der Waals surface area contributed by atoms with Gasteiger partial charge in [0.15, 0.2) is 11.6 Å². The summed E-state index contributed by atoms with van der Waals surface area (Å²) in [6, 6.07) is 8.45. The lowest BCUT2D eigenvalue weighted by Gasteiger charge is -2.11. The smallest absolute Gasteiger partial charge is 0.174 e. The maximum atomic E-state index is 14.1. The molecule has 0 aliphatic rings. The molecule has 0 bridgehead atoms. The Morgan fingerprint density at radius 3 is 2.68 bits per heavy atom. The highest BCUT2D eigenvalue weighted by Gasteiger charge is 2.12. The van der Waals surface area contributed by atoms with Gasteiger partial charge in [0.2, 0.25) is 0 Å². The van der Waals surface area contributed by atoms with Crippen molar-refractivity contribution in [2.24, 2.45) is 0 Å². The van der Waals surface area contributed by atoms with E-state index in [0.717, 1.165) is 0 Å². The molecule has 1 heterocycles. The molecule has 100 valence electrons. The maximum Gasteiger partial charge on any atom is 0.174 e. The number of rotatable bonds is 4. The molecule has 0 amide bonds. The Morgan fingerprint density at radius 2 is 2.00 bits per heavy atom. The van der Waals surface area contributed by atoms with Gasteiger partial charge in [0.05, 0.1) is 18.9 Å². The van der Waals surface area contributed by atoms with Gasteiger partial charge >= 0.3 is 0 Å². The summed E-state index contributed by atoms with van der Waals surface area (Å²) in [5.41, 5.74) is 0.920. The van der Waals surface area contributed by atoms with Crippen LogP contribution in [0.2, 0.25) is 0 Å². The predicted octanol–water partition coefficient (Wildman–Crippen LogP) is 3.68. The molecule has 0 radical (unpaired) electrons. The number of hydrogen-bond donors (Lipinski definition) is 0. The second-order valence-corrected chi connectivity index (χ2v) is 4.37. The second-order valence-electron chi connectivity index (χ2n) is 4.37. The number of aromatic nitrogens is 1. The van der Waals surface area contributed by atoms with Crippen LogP contribution >= 0.6 is 0 Å². The first-order valence-corrected chi connectivity index (χ1v) is 6.07. The molecule has 0 atom stereocenters. The van der Waals surface area contributed by atoms with E-state index in [1.807, 2.05) is 13.8 Å². The number of hydrogen-bond acceptors (Lipinski definition) is 3. The zero-order valence-corrected chi connectivity index (χ0v) is 11.2. The maximum absolute atomic E-state index is 14.1. The molecule has 19 heavy (non-hydrogen) atoms. The molecule has 0 fully saturated rings. The Hall–Kier alpha value is -2.10. The van der Waals surface area contributed by atoms with Crippen molar-refractivity contribution in [1.29, 1.82) is 0 Å². The van der Waals surface area contributed by atoms with Crippen LogP contribution in [0.4, 0.5) is 4.39 Å². The summed E-state index contributed by atoms with van der Waals surface area (Å²) in [7, 11) is 1.44. The summed E-state index contributed by atoms with van der Waals surface area (Å²) < 4.78 is 24.7. The summed E-state index contributed by atoms with van der Waals surface area (Å²) in [5.74, 6) is 0.455. The van der Waals surface area contributed by atoms with Crippen molar-refractivity contribution in [2.75, 3.05) is 7.11 Å². The molecule has 0 aliphatic heterocycles. The predicted molar refractivity (Wildman–Crippen MR) is 71.9 cm³/mol. The third-order valence-corrected chi connectivity index (χ3v) is 2.56. The van der Waals surface area contributed by atoms with E-state index in [9.17, 15) is 4.39 Å². The van der Waals surface area contributed by atoms with Gasteiger partial charge in [0, 0.05) is 17.8 Å². The number of benzene rings is 1. The zero-order valence-electron chi connectivity index (χ0n) is 11.2. The van der Waals surface area contributed by atoms with Gasteiger partial charge in [0.25, 0.3) is 0 Å². The van der Waals surface area contributed by atoms with Crippen LogP contribution < -0.4 is 9.47 Å². The van der Waals surface area contributed by atoms with Gasteiger partial charge in [-0.25, -0.2) is 4.39 Å². The normalized spacial score (nSPS) is 10.6. The zero-order chi connectivity index (χ0) is 13.8. The minimum atomic E-state index is -0.417. The number of ether oxygens (including phenoxy) is 2. The Bertz CT molecular complexity index is 570. The Morgan fingerprint density at radius 1 is 1.21 bits per heavy atom. The summed E-state index contributed by atoms with van der Waals surface area (Å²) >= 11 is 0. The number of halogens is 1. The molecule has 1 aromatic carbocycles. The van der Waals surface area contributed by atoms with Crippen LogP contribution in [0.1, 0.15) is 13.8 Å². The molecule has 2 rings (SSSR count). The lowest BCUT2D eigenvalue weighted by molar-refractivity contribution is 0.242. The second kappa shape index (κ2) is 5.69. The van der Waals surface area contributed by atoms with Gasteiger partial charge in [-0.05, 0) is 32.0 Å².